The highest BCUT2D eigenvalue weighted by Crippen LogP contribution is 2.24. The highest BCUT2D eigenvalue weighted by molar-refractivity contribution is 5.86. The Morgan fingerprint density at radius 1 is 1.28 bits per heavy atom. The molecule has 0 spiro atoms. The number of halogens is 2. The average molecular weight is 350 g/mol. The van der Waals surface area contributed by atoms with Crippen molar-refractivity contribution in [2.24, 2.45) is 0 Å². The van der Waals surface area contributed by atoms with Crippen LogP contribution in [0.5, 0.6) is 0 Å². The Bertz CT molecular complexity index is 967. The number of aromatic amines is 1. The Morgan fingerprint density at radius 3 is 2.68 bits per heavy atom. The quantitative estimate of drug-likeness (QED) is 0.708. The number of fused-ring (bicyclic) bond motifs is 1. The zero-order valence-electron chi connectivity index (χ0n) is 13.6. The van der Waals surface area contributed by atoms with Crippen molar-refractivity contribution in [2.45, 2.75) is 13.8 Å². The molecular weight excluding hydrogens is 330 g/mol. The van der Waals surface area contributed by atoms with Gasteiger partial charge in [0.1, 0.15) is 11.6 Å². The number of hydrogen-bond acceptors (Lipinski definition) is 4. The van der Waals surface area contributed by atoms with Gasteiger partial charge in [-0.3, -0.25) is 19.0 Å². The van der Waals surface area contributed by atoms with Crippen molar-refractivity contribution in [3.8, 4) is 11.1 Å². The molecule has 0 unspecified atom stereocenters. The van der Waals surface area contributed by atoms with Gasteiger partial charge in [-0.15, -0.1) is 0 Å². The van der Waals surface area contributed by atoms with Crippen molar-refractivity contribution in [3.05, 3.63) is 52.5 Å². The molecule has 3 aromatic heterocycles. The van der Waals surface area contributed by atoms with E-state index in [1.807, 2.05) is 0 Å². The molecule has 0 bridgehead atoms. The lowest BCUT2D eigenvalue weighted by Gasteiger charge is -2.07. The molecule has 2 N–H and O–H groups in total. The second kappa shape index (κ2) is 8.09. The molecule has 0 radical (unpaired) electrons. The lowest BCUT2D eigenvalue weighted by atomic mass is 10.0. The number of anilines is 1. The Morgan fingerprint density at radius 2 is 2.00 bits per heavy atom. The van der Waals surface area contributed by atoms with Gasteiger partial charge in [-0.1, -0.05) is 0 Å². The minimum absolute atomic E-state index is 0. The van der Waals surface area contributed by atoms with E-state index in [-0.39, 0.29) is 15.1 Å². The highest BCUT2D eigenvalue weighted by Gasteiger charge is 2.12. The van der Waals surface area contributed by atoms with Crippen molar-refractivity contribution in [3.63, 3.8) is 0 Å². The third kappa shape index (κ3) is 4.03. The maximum absolute atomic E-state index is 13.6. The van der Waals surface area contributed by atoms with Gasteiger partial charge in [0.25, 0.3) is 5.56 Å². The smallest absolute Gasteiger partial charge is 0.256 e. The summed E-state index contributed by atoms with van der Waals surface area (Å²) in [5.41, 5.74) is 1.25. The molecule has 1 amide bonds. The van der Waals surface area contributed by atoms with Gasteiger partial charge < -0.3 is 10.3 Å². The molecule has 0 saturated heterocycles. The molecule has 0 aromatic carbocycles. The molecule has 134 valence electrons. The molecule has 0 saturated carbocycles. The number of carbonyl (C=O) groups is 1. The van der Waals surface area contributed by atoms with Gasteiger partial charge in [-0.25, -0.2) is 9.37 Å². The SMILES string of the molecule is CCF.Cc1c(F)cncc1-c1cc2cnc(NC=O)cc2[nH]c1=O.[HH].[HH]. The number of aromatic nitrogens is 3. The average Bonchev–Trinajstić information content (AvgIpc) is 2.58. The van der Waals surface area contributed by atoms with Crippen LogP contribution in [0.25, 0.3) is 22.0 Å². The summed E-state index contributed by atoms with van der Waals surface area (Å²) in [6.07, 6.45) is 4.57. The molecule has 0 aliphatic carbocycles. The molecule has 0 aliphatic rings. The van der Waals surface area contributed by atoms with Crippen LogP contribution in [-0.2, 0) is 4.79 Å². The fraction of sp³-hybridized carbons (Fsp3) is 0.176. The Kier molecular flexibility index (Phi) is 5.89. The summed E-state index contributed by atoms with van der Waals surface area (Å²) in [6, 6.07) is 3.17. The molecule has 25 heavy (non-hydrogen) atoms. The van der Waals surface area contributed by atoms with Gasteiger partial charge in [0.2, 0.25) is 6.41 Å². The van der Waals surface area contributed by atoms with Crippen molar-refractivity contribution in [1.82, 2.24) is 15.0 Å². The summed E-state index contributed by atoms with van der Waals surface area (Å²) < 4.78 is 23.9. The summed E-state index contributed by atoms with van der Waals surface area (Å²) in [6.45, 7) is 2.80. The Balaban J connectivity index is 0.00000127. The van der Waals surface area contributed by atoms with Crippen molar-refractivity contribution >= 4 is 23.1 Å². The van der Waals surface area contributed by atoms with E-state index in [4.69, 9.17) is 0 Å². The largest absolute Gasteiger partial charge is 0.321 e. The minimum Gasteiger partial charge on any atom is -0.321 e. The van der Waals surface area contributed by atoms with Crippen molar-refractivity contribution < 1.29 is 16.4 Å². The number of hydrogen-bond donors (Lipinski definition) is 2. The fourth-order valence-corrected chi connectivity index (χ4v) is 2.21. The predicted octanol–water partition coefficient (Wildman–Crippen LogP) is 3.47. The topological polar surface area (TPSA) is 87.7 Å². The minimum atomic E-state index is -0.472. The molecule has 3 rings (SSSR count). The van der Waals surface area contributed by atoms with Gasteiger partial charge in [-0.2, -0.15) is 0 Å². The second-order valence-corrected chi connectivity index (χ2v) is 4.99. The van der Waals surface area contributed by atoms with Crippen LogP contribution in [0.2, 0.25) is 0 Å². The summed E-state index contributed by atoms with van der Waals surface area (Å²) in [4.78, 5) is 33.2. The van der Waals surface area contributed by atoms with Gasteiger partial charge in [0.05, 0.1) is 18.4 Å². The Hall–Kier alpha value is -3.16. The number of carbonyl (C=O) groups excluding carboxylic acids is 1. The third-order valence-corrected chi connectivity index (χ3v) is 3.38. The molecule has 0 fully saturated rings. The predicted molar refractivity (Wildman–Crippen MR) is 95.9 cm³/mol. The van der Waals surface area contributed by atoms with Crippen LogP contribution in [0, 0.1) is 12.7 Å². The van der Waals surface area contributed by atoms with E-state index in [9.17, 15) is 18.4 Å². The standard InChI is InChI=1S/C15H11FN4O2.C2H5F.2H2/c1-8-11(5-17-6-12(8)16)10-2-9-4-18-14(19-7-21)3-13(9)20-15(10)22;1-2-3;;/h2-7H,1H3,(H,20,22)(H,18,19,21);2H2,1H3;2*1H. The maximum Gasteiger partial charge on any atom is 0.256 e. The molecule has 3 heterocycles. The summed E-state index contributed by atoms with van der Waals surface area (Å²) in [5.74, 6) is -0.143. The second-order valence-electron chi connectivity index (χ2n) is 4.99. The Labute approximate surface area is 144 Å². The van der Waals surface area contributed by atoms with E-state index in [1.165, 1.54) is 19.3 Å². The normalized spacial score (nSPS) is 10.1. The van der Waals surface area contributed by atoms with Crippen LogP contribution in [0.1, 0.15) is 15.3 Å². The number of H-pyrrole nitrogens is 1. The van der Waals surface area contributed by atoms with E-state index >= 15 is 0 Å². The molecule has 8 heteroatoms. The monoisotopic (exact) mass is 350 g/mol. The van der Waals surface area contributed by atoms with Crippen molar-refractivity contribution in [2.75, 3.05) is 12.0 Å². The first-order valence-electron chi connectivity index (χ1n) is 7.41. The van der Waals surface area contributed by atoms with Crippen LogP contribution in [-0.4, -0.2) is 28.0 Å². The summed E-state index contributed by atoms with van der Waals surface area (Å²) >= 11 is 0. The number of pyridine rings is 3. The number of alkyl halides is 1. The van der Waals surface area contributed by atoms with Gasteiger partial charge in [0, 0.05) is 37.8 Å². The summed E-state index contributed by atoms with van der Waals surface area (Å²) in [7, 11) is 0. The van der Waals surface area contributed by atoms with Gasteiger partial charge in [-0.05, 0) is 25.5 Å². The lowest BCUT2D eigenvalue weighted by Crippen LogP contribution is -2.10. The highest BCUT2D eigenvalue weighted by atomic mass is 19.1. The van der Waals surface area contributed by atoms with Crippen LogP contribution < -0.4 is 10.9 Å². The lowest BCUT2D eigenvalue weighted by molar-refractivity contribution is -0.105. The molecule has 0 atom stereocenters. The van der Waals surface area contributed by atoms with Crippen molar-refractivity contribution in [1.29, 1.82) is 0 Å². The van der Waals surface area contributed by atoms with Crippen LogP contribution in [0.4, 0.5) is 14.6 Å². The third-order valence-electron chi connectivity index (χ3n) is 3.38. The number of nitrogens with zero attached hydrogens (tertiary/aromatic N) is 2. The van der Waals surface area contributed by atoms with E-state index in [0.717, 1.165) is 6.20 Å². The van der Waals surface area contributed by atoms with Gasteiger partial charge in [0.15, 0.2) is 0 Å². The van der Waals surface area contributed by atoms with Crippen LogP contribution >= 0.6 is 0 Å². The molecule has 6 nitrogen and oxygen atoms in total. The molecule has 3 aromatic rings. The number of nitrogens with one attached hydrogen (secondary N) is 2. The van der Waals surface area contributed by atoms with E-state index in [0.29, 0.717) is 39.8 Å². The fourth-order valence-electron chi connectivity index (χ4n) is 2.21. The molecule has 0 aliphatic heterocycles. The zero-order chi connectivity index (χ0) is 18.4. The zero-order valence-corrected chi connectivity index (χ0v) is 13.6. The van der Waals surface area contributed by atoms with Crippen LogP contribution in [0.15, 0.2) is 35.5 Å². The van der Waals surface area contributed by atoms with E-state index in [1.54, 1.807) is 19.1 Å². The van der Waals surface area contributed by atoms with E-state index < -0.39 is 5.82 Å². The van der Waals surface area contributed by atoms with Gasteiger partial charge >= 0.3 is 0 Å². The first kappa shape index (κ1) is 18.2. The number of rotatable bonds is 3. The van der Waals surface area contributed by atoms with E-state index in [2.05, 4.69) is 20.3 Å². The number of amides is 1. The first-order valence-corrected chi connectivity index (χ1v) is 7.41. The first-order chi connectivity index (χ1) is 12.0. The van der Waals surface area contributed by atoms with Crippen LogP contribution in [0.3, 0.4) is 0 Å². The maximum atomic E-state index is 13.6. The molecular formula is C17H20F2N4O2. The summed E-state index contributed by atoms with van der Waals surface area (Å²) in [5, 5.41) is 3.07.